The average molecular weight is 651 g/mol. The largest absolute Gasteiger partial charge is 0.459 e. The molecular weight excluding hydrogens is 604 g/mol. The van der Waals surface area contributed by atoms with Crippen LogP contribution >= 0.6 is 0 Å². The monoisotopic (exact) mass is 650 g/mol. The maximum absolute atomic E-state index is 13.9. The quantitative estimate of drug-likeness (QED) is 0.190. The Hall–Kier alpha value is -4.09. The van der Waals surface area contributed by atoms with Crippen molar-refractivity contribution in [2.24, 2.45) is 0 Å². The molecule has 3 rings (SSSR count). The first-order valence-corrected chi connectivity index (χ1v) is 16.8. The Kier molecular flexibility index (Phi) is 12.2. The number of sulfonamides is 1. The number of benzene rings is 1. The molecule has 0 unspecified atom stereocenters. The van der Waals surface area contributed by atoms with Gasteiger partial charge >= 0.3 is 12.1 Å². The van der Waals surface area contributed by atoms with E-state index in [4.69, 9.17) is 9.47 Å². The Morgan fingerprint density at radius 3 is 2.13 bits per heavy atom. The number of hydrogen-bond acceptors (Lipinski definition) is 8. The van der Waals surface area contributed by atoms with E-state index in [1.54, 1.807) is 71.9 Å². The normalized spacial score (nSPS) is 12.6. The maximum Gasteiger partial charge on any atom is 0.416 e. The van der Waals surface area contributed by atoms with E-state index in [0.29, 0.717) is 5.69 Å². The lowest BCUT2D eigenvalue weighted by molar-refractivity contribution is -0.153. The topological polar surface area (TPSA) is 119 Å². The van der Waals surface area contributed by atoms with E-state index in [9.17, 15) is 18.0 Å². The van der Waals surface area contributed by atoms with Crippen molar-refractivity contribution in [2.75, 3.05) is 11.4 Å². The van der Waals surface area contributed by atoms with Gasteiger partial charge in [0.15, 0.2) is 5.03 Å². The van der Waals surface area contributed by atoms with E-state index in [0.717, 1.165) is 34.4 Å². The lowest BCUT2D eigenvalue weighted by atomic mass is 10.0. The standard InChI is InChI=1S/C35H46N4O6S/c1-9-10-14-26(2)28-20-18-27(19-21-28)23-38(46(42,43)31-17-11-12-22-36-31)24-29-15-13-16-30(37-29)39(33(41)45-35(6,7)8)25-32(40)44-34(3,4)5/h11-22H,9-10,23-25H2,1-8H3. The SMILES string of the molecule is CCCC=C(C)c1ccc(CN(Cc2cccc(N(CC(=O)OC(C)(C)C)C(=O)OC(C)(C)C)n2)S(=O)(=O)c2ccccn2)cc1. The Bertz CT molecular complexity index is 1610. The maximum atomic E-state index is 13.9. The Balaban J connectivity index is 1.98. The number of allylic oxidation sites excluding steroid dienone is 2. The number of amides is 1. The van der Waals surface area contributed by atoms with Gasteiger partial charge in [0.25, 0.3) is 10.0 Å². The van der Waals surface area contributed by atoms with Crippen molar-refractivity contribution in [3.63, 3.8) is 0 Å². The molecule has 1 aromatic carbocycles. The molecule has 3 aromatic rings. The minimum atomic E-state index is -4.06. The summed E-state index contributed by atoms with van der Waals surface area (Å²) in [5.74, 6) is -0.528. The lowest BCUT2D eigenvalue weighted by Crippen LogP contribution is -2.42. The predicted octanol–water partition coefficient (Wildman–Crippen LogP) is 7.15. The molecule has 0 N–H and O–H groups in total. The van der Waals surface area contributed by atoms with E-state index in [-0.39, 0.29) is 23.9 Å². The van der Waals surface area contributed by atoms with Gasteiger partial charge in [0.1, 0.15) is 23.6 Å². The zero-order valence-corrected chi connectivity index (χ0v) is 28.9. The third-order valence-electron chi connectivity index (χ3n) is 6.48. The summed E-state index contributed by atoms with van der Waals surface area (Å²) in [5, 5.41) is -0.0959. The Labute approximate surface area is 273 Å². The van der Waals surface area contributed by atoms with Crippen molar-refractivity contribution in [3.05, 3.63) is 89.8 Å². The number of carbonyl (C=O) groups excluding carboxylic acids is 2. The van der Waals surface area contributed by atoms with Crippen molar-refractivity contribution < 1.29 is 27.5 Å². The Morgan fingerprint density at radius 1 is 0.870 bits per heavy atom. The second-order valence-corrected chi connectivity index (χ2v) is 14.8. The van der Waals surface area contributed by atoms with Crippen LogP contribution in [0.5, 0.6) is 0 Å². The summed E-state index contributed by atoms with van der Waals surface area (Å²) in [6.45, 7) is 14.0. The van der Waals surface area contributed by atoms with Gasteiger partial charge in [0.05, 0.1) is 12.2 Å². The van der Waals surface area contributed by atoms with Gasteiger partial charge in [-0.3, -0.25) is 9.69 Å². The van der Waals surface area contributed by atoms with Crippen LogP contribution < -0.4 is 4.90 Å². The zero-order chi connectivity index (χ0) is 34.1. The molecule has 2 aromatic heterocycles. The smallest absolute Gasteiger partial charge is 0.416 e. The number of anilines is 1. The molecule has 0 aliphatic carbocycles. The molecule has 0 spiro atoms. The fourth-order valence-corrected chi connectivity index (χ4v) is 5.69. The summed E-state index contributed by atoms with van der Waals surface area (Å²) in [5.41, 5.74) is 1.75. The first-order chi connectivity index (χ1) is 21.5. The summed E-state index contributed by atoms with van der Waals surface area (Å²) >= 11 is 0. The van der Waals surface area contributed by atoms with E-state index in [1.807, 2.05) is 24.3 Å². The van der Waals surface area contributed by atoms with E-state index >= 15 is 0 Å². The molecule has 11 heteroatoms. The van der Waals surface area contributed by atoms with Crippen molar-refractivity contribution >= 4 is 33.5 Å². The highest BCUT2D eigenvalue weighted by atomic mass is 32.2. The van der Waals surface area contributed by atoms with Crippen LogP contribution in [0.1, 0.15) is 85.1 Å². The van der Waals surface area contributed by atoms with Crippen molar-refractivity contribution in [3.8, 4) is 0 Å². The lowest BCUT2D eigenvalue weighted by Gasteiger charge is -2.28. The van der Waals surface area contributed by atoms with Gasteiger partial charge in [-0.15, -0.1) is 0 Å². The third-order valence-corrected chi connectivity index (χ3v) is 8.19. The molecule has 248 valence electrons. The molecule has 0 radical (unpaired) electrons. The highest BCUT2D eigenvalue weighted by molar-refractivity contribution is 7.89. The number of hydrogen-bond donors (Lipinski definition) is 0. The third kappa shape index (κ3) is 11.1. The summed E-state index contributed by atoms with van der Waals surface area (Å²) in [6.07, 6.45) is 4.87. The molecule has 0 fully saturated rings. The van der Waals surface area contributed by atoms with Gasteiger partial charge in [-0.25, -0.2) is 23.2 Å². The summed E-state index contributed by atoms with van der Waals surface area (Å²) in [7, 11) is -4.06. The number of aromatic nitrogens is 2. The fraction of sp³-hybridized carbons (Fsp3) is 0.429. The molecule has 0 aliphatic heterocycles. The number of ether oxygens (including phenoxy) is 2. The van der Waals surface area contributed by atoms with Crippen LogP contribution in [0.15, 0.2) is 78.0 Å². The fourth-order valence-electron chi connectivity index (χ4n) is 4.36. The van der Waals surface area contributed by atoms with Gasteiger partial charge in [0.2, 0.25) is 0 Å². The number of esters is 1. The zero-order valence-electron chi connectivity index (χ0n) is 28.1. The van der Waals surface area contributed by atoms with Crippen LogP contribution in [0.25, 0.3) is 5.57 Å². The molecule has 0 atom stereocenters. The average Bonchev–Trinajstić information content (AvgIpc) is 2.97. The second-order valence-electron chi connectivity index (χ2n) is 13.0. The molecule has 1 amide bonds. The van der Waals surface area contributed by atoms with Crippen molar-refractivity contribution in [1.29, 1.82) is 0 Å². The first kappa shape index (κ1) is 36.4. The molecular formula is C35H46N4O6S. The van der Waals surface area contributed by atoms with Crippen molar-refractivity contribution in [2.45, 2.75) is 97.5 Å². The van der Waals surface area contributed by atoms with Crippen molar-refractivity contribution in [1.82, 2.24) is 14.3 Å². The van der Waals surface area contributed by atoms with E-state index in [1.165, 1.54) is 16.6 Å². The van der Waals surface area contributed by atoms with Crippen LogP contribution in [0.3, 0.4) is 0 Å². The van der Waals surface area contributed by atoms with E-state index in [2.05, 4.69) is 29.9 Å². The predicted molar refractivity (Wildman–Crippen MR) is 179 cm³/mol. The molecule has 2 heterocycles. The van der Waals surface area contributed by atoms with E-state index < -0.39 is 39.8 Å². The Morgan fingerprint density at radius 2 is 1.54 bits per heavy atom. The van der Waals surface area contributed by atoms with Gasteiger partial charge in [0, 0.05) is 12.7 Å². The number of unbranched alkanes of at least 4 members (excludes halogenated alkanes) is 1. The molecule has 0 bridgehead atoms. The molecule has 46 heavy (non-hydrogen) atoms. The van der Waals surface area contributed by atoms with Crippen LogP contribution in [0.2, 0.25) is 0 Å². The molecule has 0 saturated heterocycles. The van der Waals surface area contributed by atoms with Crippen LogP contribution in [-0.2, 0) is 37.4 Å². The highest BCUT2D eigenvalue weighted by Gasteiger charge is 2.30. The van der Waals surface area contributed by atoms with Crippen LogP contribution in [-0.4, -0.2) is 52.5 Å². The molecule has 0 saturated carbocycles. The number of carbonyl (C=O) groups is 2. The van der Waals surface area contributed by atoms with Gasteiger partial charge in [-0.1, -0.05) is 55.8 Å². The summed E-state index contributed by atoms with van der Waals surface area (Å²) in [4.78, 5) is 35.8. The highest BCUT2D eigenvalue weighted by Crippen LogP contribution is 2.23. The molecule has 10 nitrogen and oxygen atoms in total. The first-order valence-electron chi connectivity index (χ1n) is 15.3. The second kappa shape index (κ2) is 15.5. The number of rotatable bonds is 12. The minimum Gasteiger partial charge on any atom is -0.459 e. The van der Waals surface area contributed by atoms with Gasteiger partial charge < -0.3 is 9.47 Å². The summed E-state index contributed by atoms with van der Waals surface area (Å²) in [6, 6.07) is 17.4. The van der Waals surface area contributed by atoms with Gasteiger partial charge in [-0.2, -0.15) is 4.31 Å². The summed E-state index contributed by atoms with van der Waals surface area (Å²) < 4.78 is 40.1. The minimum absolute atomic E-state index is 0.0521. The number of pyridine rings is 2. The van der Waals surface area contributed by atoms with Crippen LogP contribution in [0, 0.1) is 0 Å². The number of nitrogens with zero attached hydrogens (tertiary/aromatic N) is 4. The van der Waals surface area contributed by atoms with Crippen LogP contribution in [0.4, 0.5) is 10.6 Å². The van der Waals surface area contributed by atoms with Gasteiger partial charge in [-0.05, 0) is 95.9 Å². The molecule has 0 aliphatic rings.